The number of halogens is 1. The molecule has 0 radical (unpaired) electrons. The lowest BCUT2D eigenvalue weighted by molar-refractivity contribution is -0.112. The highest BCUT2D eigenvalue weighted by atomic mass is 79.9. The van der Waals surface area contributed by atoms with Gasteiger partial charge in [-0.15, -0.1) is 0 Å². The van der Waals surface area contributed by atoms with E-state index in [2.05, 4.69) is 52.6 Å². The highest BCUT2D eigenvalue weighted by Crippen LogP contribution is 2.28. The molecule has 0 aliphatic heterocycles. The second-order valence-electron chi connectivity index (χ2n) is 5.85. The van der Waals surface area contributed by atoms with Gasteiger partial charge in [0.2, 0.25) is 0 Å². The predicted molar refractivity (Wildman–Crippen MR) is 107 cm³/mol. The van der Waals surface area contributed by atoms with Crippen molar-refractivity contribution in [2.45, 2.75) is 40.0 Å². The Morgan fingerprint density at radius 3 is 2.50 bits per heavy atom. The number of nitrogens with zero attached hydrogens (tertiary/aromatic N) is 1. The Morgan fingerprint density at radius 2 is 1.96 bits per heavy atom. The molecule has 5 heteroatoms. The summed E-state index contributed by atoms with van der Waals surface area (Å²) in [7, 11) is 0. The van der Waals surface area contributed by atoms with Crippen LogP contribution >= 0.6 is 15.9 Å². The first-order valence-electron chi connectivity index (χ1n) is 8.34. The number of nitrogens with one attached hydrogen (secondary N) is 1. The van der Waals surface area contributed by atoms with Crippen molar-refractivity contribution in [3.63, 3.8) is 0 Å². The van der Waals surface area contributed by atoms with E-state index in [9.17, 15) is 4.79 Å². The van der Waals surface area contributed by atoms with Crippen LogP contribution in [0.15, 0.2) is 46.6 Å². The summed E-state index contributed by atoms with van der Waals surface area (Å²) < 4.78 is 0.864. The highest BCUT2D eigenvalue weighted by Gasteiger charge is 2.11. The molecule has 1 aromatic carbocycles. The standard InChI is InChI=1S/C19H28BrN3O/c1-5-11-23(12-6-2)16-9-10-17(20)18(13-16)22-19(24)14(3)7-8-15(4)21/h7,9-10,13H,4-6,8,11-12,21H2,1-3H3,(H,22,24)/b14-7+. The van der Waals surface area contributed by atoms with Crippen molar-refractivity contribution in [3.05, 3.63) is 46.6 Å². The van der Waals surface area contributed by atoms with Gasteiger partial charge in [0, 0.05) is 40.9 Å². The molecule has 0 atom stereocenters. The Kier molecular flexibility index (Phi) is 8.61. The minimum absolute atomic E-state index is 0.133. The smallest absolute Gasteiger partial charge is 0.251 e. The van der Waals surface area contributed by atoms with Crippen LogP contribution in [0.25, 0.3) is 0 Å². The van der Waals surface area contributed by atoms with E-state index in [0.29, 0.717) is 17.7 Å². The molecule has 24 heavy (non-hydrogen) atoms. The number of anilines is 2. The molecule has 3 N–H and O–H groups in total. The summed E-state index contributed by atoms with van der Waals surface area (Å²) in [5.41, 5.74) is 8.60. The molecule has 4 nitrogen and oxygen atoms in total. The maximum atomic E-state index is 12.3. The SMILES string of the molecule is C=C(N)C/C=C(\C)C(=O)Nc1cc(N(CCC)CCC)ccc1Br. The number of rotatable bonds is 9. The fourth-order valence-electron chi connectivity index (χ4n) is 2.31. The average Bonchev–Trinajstić information content (AvgIpc) is 2.54. The van der Waals surface area contributed by atoms with Crippen LogP contribution in [0.2, 0.25) is 0 Å². The van der Waals surface area contributed by atoms with Crippen molar-refractivity contribution in [2.75, 3.05) is 23.3 Å². The van der Waals surface area contributed by atoms with Crippen LogP contribution in [-0.4, -0.2) is 19.0 Å². The summed E-state index contributed by atoms with van der Waals surface area (Å²) in [6.45, 7) is 11.8. The van der Waals surface area contributed by atoms with Gasteiger partial charge in [-0.3, -0.25) is 4.79 Å². The summed E-state index contributed by atoms with van der Waals surface area (Å²) in [5, 5.41) is 2.96. The third-order valence-electron chi connectivity index (χ3n) is 3.58. The largest absolute Gasteiger partial charge is 0.402 e. The maximum Gasteiger partial charge on any atom is 0.251 e. The van der Waals surface area contributed by atoms with Gasteiger partial charge in [0.15, 0.2) is 0 Å². The van der Waals surface area contributed by atoms with Crippen LogP contribution in [0.3, 0.4) is 0 Å². The Bertz CT molecular complexity index is 605. The minimum Gasteiger partial charge on any atom is -0.402 e. The van der Waals surface area contributed by atoms with E-state index in [-0.39, 0.29) is 5.91 Å². The number of hydrogen-bond acceptors (Lipinski definition) is 3. The Morgan fingerprint density at radius 1 is 1.33 bits per heavy atom. The lowest BCUT2D eigenvalue weighted by atomic mass is 10.2. The minimum atomic E-state index is -0.133. The number of amides is 1. The number of benzene rings is 1. The van der Waals surface area contributed by atoms with Crippen molar-refractivity contribution in [2.24, 2.45) is 5.73 Å². The fourth-order valence-corrected chi connectivity index (χ4v) is 2.66. The molecule has 0 aliphatic carbocycles. The van der Waals surface area contributed by atoms with E-state index in [1.165, 1.54) is 0 Å². The van der Waals surface area contributed by atoms with Gasteiger partial charge in [0.1, 0.15) is 0 Å². The summed E-state index contributed by atoms with van der Waals surface area (Å²) in [5.74, 6) is -0.133. The number of carbonyl (C=O) groups excluding carboxylic acids is 1. The molecule has 1 aromatic rings. The van der Waals surface area contributed by atoms with Gasteiger partial charge in [-0.2, -0.15) is 0 Å². The van der Waals surface area contributed by atoms with Gasteiger partial charge in [-0.25, -0.2) is 0 Å². The monoisotopic (exact) mass is 393 g/mol. The third-order valence-corrected chi connectivity index (χ3v) is 4.27. The molecule has 0 saturated carbocycles. The molecule has 0 spiro atoms. The molecule has 132 valence electrons. The molecule has 1 rings (SSSR count). The van der Waals surface area contributed by atoms with Crippen molar-refractivity contribution in [3.8, 4) is 0 Å². The number of allylic oxidation sites excluding steroid dienone is 1. The van der Waals surface area contributed by atoms with Gasteiger partial charge >= 0.3 is 0 Å². The first kappa shape index (κ1) is 20.3. The molecule has 0 heterocycles. The first-order valence-corrected chi connectivity index (χ1v) is 9.14. The molecule has 0 aromatic heterocycles. The topological polar surface area (TPSA) is 58.4 Å². The molecule has 0 aliphatic rings. The summed E-state index contributed by atoms with van der Waals surface area (Å²) >= 11 is 3.51. The molecule has 0 fully saturated rings. The van der Waals surface area contributed by atoms with E-state index in [1.54, 1.807) is 13.0 Å². The lowest BCUT2D eigenvalue weighted by Crippen LogP contribution is -2.25. The predicted octanol–water partition coefficient (Wildman–Crippen LogP) is 4.82. The zero-order valence-corrected chi connectivity index (χ0v) is 16.4. The van der Waals surface area contributed by atoms with E-state index in [0.717, 1.165) is 41.8 Å². The van der Waals surface area contributed by atoms with Crippen LogP contribution in [0.1, 0.15) is 40.0 Å². The van der Waals surface area contributed by atoms with Gasteiger partial charge < -0.3 is 16.0 Å². The summed E-state index contributed by atoms with van der Waals surface area (Å²) in [4.78, 5) is 14.7. The zero-order valence-electron chi connectivity index (χ0n) is 14.9. The summed E-state index contributed by atoms with van der Waals surface area (Å²) in [6.07, 6.45) is 4.46. The molecular weight excluding hydrogens is 366 g/mol. The third kappa shape index (κ3) is 6.40. The molecule has 0 unspecified atom stereocenters. The van der Waals surface area contributed by atoms with Crippen molar-refractivity contribution >= 4 is 33.2 Å². The fraction of sp³-hybridized carbons (Fsp3) is 0.421. The van der Waals surface area contributed by atoms with Crippen LogP contribution in [0.5, 0.6) is 0 Å². The zero-order chi connectivity index (χ0) is 18.1. The molecular formula is C19H28BrN3O. The average molecular weight is 394 g/mol. The quantitative estimate of drug-likeness (QED) is 0.591. The Labute approximate surface area is 153 Å². The van der Waals surface area contributed by atoms with E-state index in [4.69, 9.17) is 5.73 Å². The van der Waals surface area contributed by atoms with Crippen molar-refractivity contribution in [1.29, 1.82) is 0 Å². The second-order valence-corrected chi connectivity index (χ2v) is 6.71. The van der Waals surface area contributed by atoms with Crippen LogP contribution in [0, 0.1) is 0 Å². The molecule has 1 amide bonds. The van der Waals surface area contributed by atoms with Gasteiger partial charge in [-0.05, 0) is 53.9 Å². The Balaban J connectivity index is 2.95. The van der Waals surface area contributed by atoms with Crippen LogP contribution < -0.4 is 16.0 Å². The van der Waals surface area contributed by atoms with E-state index in [1.807, 2.05) is 12.1 Å². The van der Waals surface area contributed by atoms with Gasteiger partial charge in [0.05, 0.1) is 5.69 Å². The number of carbonyl (C=O) groups is 1. The molecule has 0 saturated heterocycles. The van der Waals surface area contributed by atoms with E-state index < -0.39 is 0 Å². The van der Waals surface area contributed by atoms with Crippen LogP contribution in [-0.2, 0) is 4.79 Å². The second kappa shape index (κ2) is 10.2. The number of nitrogens with two attached hydrogens (primary N) is 1. The van der Waals surface area contributed by atoms with Gasteiger partial charge in [0.25, 0.3) is 5.91 Å². The lowest BCUT2D eigenvalue weighted by Gasteiger charge is -2.24. The maximum absolute atomic E-state index is 12.3. The Hall–Kier alpha value is -1.75. The van der Waals surface area contributed by atoms with Crippen LogP contribution in [0.4, 0.5) is 11.4 Å². The first-order chi connectivity index (χ1) is 11.4. The van der Waals surface area contributed by atoms with Gasteiger partial charge in [-0.1, -0.05) is 26.5 Å². The normalized spacial score (nSPS) is 11.2. The van der Waals surface area contributed by atoms with Crippen molar-refractivity contribution in [1.82, 2.24) is 0 Å². The van der Waals surface area contributed by atoms with E-state index >= 15 is 0 Å². The van der Waals surface area contributed by atoms with Crippen molar-refractivity contribution < 1.29 is 4.79 Å². The highest BCUT2D eigenvalue weighted by molar-refractivity contribution is 9.10. The number of hydrogen-bond donors (Lipinski definition) is 2. The molecule has 0 bridgehead atoms. The summed E-state index contributed by atoms with van der Waals surface area (Å²) in [6, 6.07) is 6.07.